The molecule has 0 aliphatic carbocycles. The first-order valence-corrected chi connectivity index (χ1v) is 6.07. The van der Waals surface area contributed by atoms with Gasteiger partial charge in [0, 0.05) is 12.1 Å². The van der Waals surface area contributed by atoms with Crippen molar-refractivity contribution in [3.63, 3.8) is 0 Å². The van der Waals surface area contributed by atoms with Crippen LogP contribution in [-0.4, -0.2) is 62.7 Å². The molecule has 0 saturated carbocycles. The van der Waals surface area contributed by atoms with E-state index in [0.717, 1.165) is 18.2 Å². The van der Waals surface area contributed by atoms with Crippen molar-refractivity contribution in [1.82, 2.24) is 0 Å². The van der Waals surface area contributed by atoms with Crippen molar-refractivity contribution in [3.8, 4) is 5.75 Å². The van der Waals surface area contributed by atoms with Gasteiger partial charge in [-0.25, -0.2) is 0 Å². The Balaban J connectivity index is 2.17. The van der Waals surface area contributed by atoms with E-state index in [4.69, 9.17) is 16.0 Å². The van der Waals surface area contributed by atoms with Crippen LogP contribution in [-0.2, 0) is 4.74 Å². The maximum absolute atomic E-state index is 10.6. The van der Waals surface area contributed by atoms with Crippen molar-refractivity contribution in [1.29, 1.82) is 0 Å². The molecule has 1 saturated heterocycles. The van der Waals surface area contributed by atoms with E-state index in [9.17, 15) is 25.4 Å². The number of non-ortho nitro benzene ring substituents is 1. The van der Waals surface area contributed by atoms with E-state index in [2.05, 4.69) is 0 Å². The lowest BCUT2D eigenvalue weighted by Crippen LogP contribution is -2.60. The molecule has 0 spiro atoms. The average Bonchev–Trinajstić information content (AvgIpc) is 2.49. The predicted molar refractivity (Wildman–Crippen MR) is 67.5 cm³/mol. The lowest BCUT2D eigenvalue weighted by Gasteiger charge is -2.39. The van der Waals surface area contributed by atoms with Crippen molar-refractivity contribution in [2.45, 2.75) is 30.7 Å². The van der Waals surface area contributed by atoms with E-state index in [-0.39, 0.29) is 17.5 Å². The summed E-state index contributed by atoms with van der Waals surface area (Å²) in [6.45, 7) is -0.612. The number of hydrogen-bond acceptors (Lipinski definition) is 8. The van der Waals surface area contributed by atoms with Gasteiger partial charge in [-0.2, -0.15) is 0 Å². The van der Waals surface area contributed by atoms with E-state index in [1.807, 2.05) is 0 Å². The summed E-state index contributed by atoms with van der Waals surface area (Å²) in [4.78, 5) is 9.92. The van der Waals surface area contributed by atoms with Crippen molar-refractivity contribution >= 4 is 5.69 Å². The Morgan fingerprint density at radius 1 is 1.29 bits per heavy atom. The van der Waals surface area contributed by atoms with Gasteiger partial charge < -0.3 is 29.9 Å². The van der Waals surface area contributed by atoms with Crippen LogP contribution in [0.1, 0.15) is 1.37 Å². The predicted octanol–water partition coefficient (Wildman–Crippen LogP) is -1.23. The molecule has 9 heteroatoms. The first-order chi connectivity index (χ1) is 10.3. The standard InChI is InChI=1S/C12H15NO8/c14-5-8-9(15)10(16)11(17)12(21-8)20-7-3-1-6(2-4-7)13(18)19/h1-4,8-12,14-17H,5H2/t8-,9+,10+,11-,12?/m1/s1/i3D. The van der Waals surface area contributed by atoms with E-state index in [0.29, 0.717) is 0 Å². The first-order valence-electron chi connectivity index (χ1n) is 6.57. The Labute approximate surface area is 120 Å². The Hall–Kier alpha value is -1.78. The number of rotatable bonds is 4. The lowest BCUT2D eigenvalue weighted by molar-refractivity contribution is -0.384. The summed E-state index contributed by atoms with van der Waals surface area (Å²) in [5.41, 5.74) is -0.300. The van der Waals surface area contributed by atoms with Crippen LogP contribution in [0, 0.1) is 10.1 Å². The van der Waals surface area contributed by atoms with Crippen LogP contribution < -0.4 is 4.74 Å². The lowest BCUT2D eigenvalue weighted by atomic mass is 9.99. The normalized spacial score (nSPS) is 33.3. The number of nitro groups is 1. The van der Waals surface area contributed by atoms with Crippen molar-refractivity contribution < 1.29 is 36.2 Å². The summed E-state index contributed by atoms with van der Waals surface area (Å²) < 4.78 is 18.0. The highest BCUT2D eigenvalue weighted by Crippen LogP contribution is 2.25. The van der Waals surface area contributed by atoms with Gasteiger partial charge in [-0.1, -0.05) is 0 Å². The van der Waals surface area contributed by atoms with E-state index in [1.165, 1.54) is 0 Å². The highest BCUT2D eigenvalue weighted by atomic mass is 16.7. The molecular weight excluding hydrogens is 286 g/mol. The second kappa shape index (κ2) is 6.33. The van der Waals surface area contributed by atoms with Crippen LogP contribution in [0.25, 0.3) is 0 Å². The van der Waals surface area contributed by atoms with E-state index in [1.54, 1.807) is 0 Å². The minimum Gasteiger partial charge on any atom is -0.462 e. The largest absolute Gasteiger partial charge is 0.462 e. The molecular formula is C12H15NO8. The summed E-state index contributed by atoms with van der Waals surface area (Å²) in [7, 11) is 0. The Bertz CT molecular complexity index is 554. The fourth-order valence-corrected chi connectivity index (χ4v) is 1.88. The van der Waals surface area contributed by atoms with Gasteiger partial charge in [0.1, 0.15) is 30.2 Å². The number of aliphatic hydroxyl groups excluding tert-OH is 4. The maximum Gasteiger partial charge on any atom is 0.269 e. The van der Waals surface area contributed by atoms with Crippen LogP contribution in [0.3, 0.4) is 0 Å². The molecule has 1 aromatic carbocycles. The second-order valence-corrected chi connectivity index (χ2v) is 4.48. The molecule has 4 N–H and O–H groups in total. The fourth-order valence-electron chi connectivity index (χ4n) is 1.88. The molecule has 21 heavy (non-hydrogen) atoms. The number of benzene rings is 1. The van der Waals surface area contributed by atoms with Gasteiger partial charge in [-0.05, 0) is 12.1 Å². The van der Waals surface area contributed by atoms with Gasteiger partial charge in [0.25, 0.3) is 5.69 Å². The SMILES string of the molecule is [2H]c1cc([N+](=O)[O-])ccc1OC1O[C@H](CO)[C@H](O)[C@H](O)[C@H]1O. The number of nitro benzene ring substituents is 1. The monoisotopic (exact) mass is 302 g/mol. The molecule has 2 rings (SSSR count). The smallest absolute Gasteiger partial charge is 0.269 e. The van der Waals surface area contributed by atoms with Crippen LogP contribution in [0.2, 0.25) is 0 Å². The van der Waals surface area contributed by atoms with Crippen LogP contribution in [0.5, 0.6) is 5.75 Å². The number of ether oxygens (including phenoxy) is 2. The molecule has 1 aliphatic heterocycles. The minimum absolute atomic E-state index is 0.116. The number of aliphatic hydroxyl groups is 4. The first kappa shape index (κ1) is 14.2. The molecule has 1 fully saturated rings. The molecule has 5 atom stereocenters. The zero-order valence-corrected chi connectivity index (χ0v) is 10.7. The molecule has 1 aromatic rings. The van der Waals surface area contributed by atoms with Crippen LogP contribution in [0.15, 0.2) is 24.2 Å². The van der Waals surface area contributed by atoms with Gasteiger partial charge in [0.15, 0.2) is 0 Å². The second-order valence-electron chi connectivity index (χ2n) is 4.48. The minimum atomic E-state index is -1.62. The molecule has 0 amide bonds. The van der Waals surface area contributed by atoms with Crippen molar-refractivity contribution in [3.05, 3.63) is 34.4 Å². The molecule has 1 aliphatic rings. The van der Waals surface area contributed by atoms with E-state index >= 15 is 0 Å². The third-order valence-corrected chi connectivity index (χ3v) is 3.07. The Morgan fingerprint density at radius 3 is 2.57 bits per heavy atom. The fraction of sp³-hybridized carbons (Fsp3) is 0.500. The van der Waals surface area contributed by atoms with Crippen molar-refractivity contribution in [2.24, 2.45) is 0 Å². The molecule has 1 unspecified atom stereocenters. The highest BCUT2D eigenvalue weighted by molar-refractivity contribution is 5.36. The Kier molecular flexibility index (Phi) is 4.27. The molecule has 9 nitrogen and oxygen atoms in total. The summed E-state index contributed by atoms with van der Waals surface area (Å²) in [5.74, 6) is -0.116. The van der Waals surface area contributed by atoms with Gasteiger partial charge in [-0.3, -0.25) is 10.1 Å². The Morgan fingerprint density at radius 2 is 2.00 bits per heavy atom. The topological polar surface area (TPSA) is 143 Å². The summed E-state index contributed by atoms with van der Waals surface area (Å²) >= 11 is 0. The average molecular weight is 302 g/mol. The van der Waals surface area contributed by atoms with Crippen LogP contribution >= 0.6 is 0 Å². The third-order valence-electron chi connectivity index (χ3n) is 3.07. The maximum atomic E-state index is 10.6. The highest BCUT2D eigenvalue weighted by Gasteiger charge is 2.44. The van der Waals surface area contributed by atoms with Gasteiger partial charge in [0.2, 0.25) is 6.29 Å². The molecule has 116 valence electrons. The molecule has 1 heterocycles. The molecule has 0 radical (unpaired) electrons. The molecule has 0 aromatic heterocycles. The third kappa shape index (κ3) is 3.28. The number of nitrogens with zero attached hydrogens (tertiary/aromatic N) is 1. The number of hydrogen-bond donors (Lipinski definition) is 4. The van der Waals surface area contributed by atoms with Crippen LogP contribution in [0.4, 0.5) is 5.69 Å². The van der Waals surface area contributed by atoms with E-state index < -0.39 is 42.2 Å². The van der Waals surface area contributed by atoms with Gasteiger partial charge >= 0.3 is 0 Å². The summed E-state index contributed by atoms with van der Waals surface area (Å²) in [6.07, 6.45) is -7.33. The van der Waals surface area contributed by atoms with Crippen molar-refractivity contribution in [2.75, 3.05) is 6.61 Å². The summed E-state index contributed by atoms with van der Waals surface area (Å²) in [6, 6.07) is 2.91. The van der Waals surface area contributed by atoms with Gasteiger partial charge in [0.05, 0.1) is 12.9 Å². The van der Waals surface area contributed by atoms with Gasteiger partial charge in [-0.15, -0.1) is 0 Å². The molecule has 0 bridgehead atoms. The summed E-state index contributed by atoms with van der Waals surface area (Å²) in [5, 5.41) is 48.7. The quantitative estimate of drug-likeness (QED) is 0.400. The zero-order valence-electron chi connectivity index (χ0n) is 11.7. The zero-order chi connectivity index (χ0) is 16.4.